The van der Waals surface area contributed by atoms with Crippen molar-refractivity contribution in [2.24, 2.45) is 0 Å². The second kappa shape index (κ2) is 12.0. The normalized spacial score (nSPS) is 14.3. The highest BCUT2D eigenvalue weighted by atomic mass is 32.2. The zero-order valence-electron chi connectivity index (χ0n) is 20.4. The molecule has 0 aliphatic rings. The largest absolute Gasteiger partial charge is 0.463 e. The summed E-state index contributed by atoms with van der Waals surface area (Å²) >= 11 is 0. The minimum Gasteiger partial charge on any atom is -0.463 e. The number of hydrogen-bond acceptors (Lipinski definition) is 3. The van der Waals surface area contributed by atoms with Crippen LogP contribution in [0.2, 0.25) is 0 Å². The van der Waals surface area contributed by atoms with E-state index in [0.29, 0.717) is 11.6 Å². The molecule has 204 valence electrons. The maximum atomic E-state index is 14.8. The Hall–Kier alpha value is -3.31. The van der Waals surface area contributed by atoms with Gasteiger partial charge in [-0.15, -0.1) is 0 Å². The molecule has 0 aromatic heterocycles. The van der Waals surface area contributed by atoms with Crippen LogP contribution in [0.3, 0.4) is 0 Å². The first-order valence-electron chi connectivity index (χ1n) is 11.3. The van der Waals surface area contributed by atoms with Gasteiger partial charge in [-0.2, -0.15) is 17.6 Å². The van der Waals surface area contributed by atoms with Crippen LogP contribution in [0.5, 0.6) is 11.5 Å². The van der Waals surface area contributed by atoms with Gasteiger partial charge in [-0.25, -0.2) is 17.7 Å². The van der Waals surface area contributed by atoms with Crippen molar-refractivity contribution in [3.05, 3.63) is 108 Å². The number of hydrogen-bond donors (Lipinski definition) is 1. The Kier molecular flexibility index (Phi) is 9.26. The minimum atomic E-state index is -4.90. The van der Waals surface area contributed by atoms with E-state index in [1.807, 2.05) is 0 Å². The lowest BCUT2D eigenvalue weighted by Crippen LogP contribution is -2.48. The molecular formula is C27H25F6NO3S. The molecule has 3 aromatic carbocycles. The summed E-state index contributed by atoms with van der Waals surface area (Å²) in [5.41, 5.74) is -0.901. The molecule has 2 atom stereocenters. The average Bonchev–Trinajstić information content (AvgIpc) is 2.84. The molecule has 0 fully saturated rings. The number of halogens is 6. The topological polar surface area (TPSA) is 47.6 Å². The van der Waals surface area contributed by atoms with E-state index in [4.69, 9.17) is 4.74 Å². The van der Waals surface area contributed by atoms with Gasteiger partial charge in [-0.05, 0) is 61.2 Å². The van der Waals surface area contributed by atoms with Crippen LogP contribution in [0.15, 0.2) is 79.6 Å². The zero-order valence-corrected chi connectivity index (χ0v) is 21.2. The van der Waals surface area contributed by atoms with Crippen molar-refractivity contribution in [1.29, 1.82) is 0 Å². The van der Waals surface area contributed by atoms with Gasteiger partial charge in [-0.1, -0.05) is 43.0 Å². The van der Waals surface area contributed by atoms with Crippen LogP contribution in [-0.4, -0.2) is 22.0 Å². The second-order valence-corrected chi connectivity index (χ2v) is 10.3. The third-order valence-electron chi connectivity index (χ3n) is 5.52. The molecule has 3 rings (SSSR count). The van der Waals surface area contributed by atoms with E-state index in [-0.39, 0.29) is 23.3 Å². The predicted molar refractivity (Wildman–Crippen MR) is 133 cm³/mol. The molecule has 0 heterocycles. The SMILES string of the molecule is C=COc1cc([C@@](Cc2ccccc2)(N[S@@](=O)C(C)C)c2cc(F)cc(OC(F)(F)C(F)F)c2)ccc1F. The third-order valence-corrected chi connectivity index (χ3v) is 6.93. The maximum Gasteiger partial charge on any atom is 0.461 e. The van der Waals surface area contributed by atoms with E-state index in [9.17, 15) is 30.6 Å². The molecule has 0 saturated carbocycles. The van der Waals surface area contributed by atoms with Gasteiger partial charge in [0.15, 0.2) is 11.6 Å². The fourth-order valence-corrected chi connectivity index (χ4v) is 4.62. The van der Waals surface area contributed by atoms with Crippen LogP contribution < -0.4 is 14.2 Å². The van der Waals surface area contributed by atoms with Crippen LogP contribution in [0.25, 0.3) is 0 Å². The first-order chi connectivity index (χ1) is 17.9. The quantitative estimate of drug-likeness (QED) is 0.195. The second-order valence-electron chi connectivity index (χ2n) is 8.59. The molecule has 0 unspecified atom stereocenters. The highest BCUT2D eigenvalue weighted by Crippen LogP contribution is 2.39. The van der Waals surface area contributed by atoms with Gasteiger partial charge < -0.3 is 9.47 Å². The number of alkyl halides is 4. The number of benzene rings is 3. The molecule has 3 aromatic rings. The van der Waals surface area contributed by atoms with Crippen LogP contribution in [0.4, 0.5) is 26.3 Å². The molecule has 0 radical (unpaired) electrons. The first-order valence-corrected chi connectivity index (χ1v) is 12.5. The maximum absolute atomic E-state index is 14.8. The summed E-state index contributed by atoms with van der Waals surface area (Å²) in [4.78, 5) is 0. The summed E-state index contributed by atoms with van der Waals surface area (Å²) in [7, 11) is -1.81. The molecule has 0 aliphatic carbocycles. The van der Waals surface area contributed by atoms with Gasteiger partial charge >= 0.3 is 12.5 Å². The highest BCUT2D eigenvalue weighted by Gasteiger charge is 2.45. The molecule has 0 aliphatic heterocycles. The van der Waals surface area contributed by atoms with Gasteiger partial charge in [-0.3, -0.25) is 0 Å². The molecule has 38 heavy (non-hydrogen) atoms. The lowest BCUT2D eigenvalue weighted by Gasteiger charge is -2.37. The smallest absolute Gasteiger partial charge is 0.461 e. The van der Waals surface area contributed by atoms with Crippen molar-refractivity contribution in [3.63, 3.8) is 0 Å². The Labute approximate surface area is 218 Å². The molecule has 1 N–H and O–H groups in total. The number of ether oxygens (including phenoxy) is 2. The average molecular weight is 558 g/mol. The van der Waals surface area contributed by atoms with E-state index in [2.05, 4.69) is 16.0 Å². The fourth-order valence-electron chi connectivity index (χ4n) is 3.73. The zero-order chi connectivity index (χ0) is 28.1. The molecular weight excluding hydrogens is 532 g/mol. The van der Waals surface area contributed by atoms with E-state index >= 15 is 0 Å². The summed E-state index contributed by atoms with van der Waals surface area (Å²) in [5, 5.41) is -0.470. The van der Waals surface area contributed by atoms with Gasteiger partial charge in [0.2, 0.25) is 0 Å². The Balaban J connectivity index is 2.34. The standard InChI is InChI=1S/C27H25F6NO3S/c1-4-36-24-14-19(10-11-23(24)29)26(34-38(35)17(2)3,16-18-8-6-5-7-9-18)20-12-21(28)15-22(13-20)37-27(32,33)25(30)31/h4-15,17,25,34H,1,16H2,2-3H3/t26-,38+/m1/s1. The summed E-state index contributed by atoms with van der Waals surface area (Å²) in [6.45, 7) is 6.71. The van der Waals surface area contributed by atoms with Crippen LogP contribution in [-0.2, 0) is 22.9 Å². The van der Waals surface area contributed by atoms with Crippen LogP contribution in [0.1, 0.15) is 30.5 Å². The summed E-state index contributed by atoms with van der Waals surface area (Å²) < 4.78 is 108. The monoisotopic (exact) mass is 557 g/mol. The number of rotatable bonds is 12. The molecule has 0 amide bonds. The van der Waals surface area contributed by atoms with E-state index in [1.54, 1.807) is 44.2 Å². The van der Waals surface area contributed by atoms with E-state index in [1.165, 1.54) is 12.1 Å². The first kappa shape index (κ1) is 29.2. The van der Waals surface area contributed by atoms with E-state index < -0.39 is 51.7 Å². The van der Waals surface area contributed by atoms with Gasteiger partial charge in [0, 0.05) is 11.3 Å². The van der Waals surface area contributed by atoms with Crippen LogP contribution in [0, 0.1) is 11.6 Å². The van der Waals surface area contributed by atoms with E-state index in [0.717, 1.165) is 24.5 Å². The Morgan fingerprint density at radius 2 is 1.68 bits per heavy atom. The highest BCUT2D eigenvalue weighted by molar-refractivity contribution is 7.83. The Bertz CT molecular complexity index is 1290. The van der Waals surface area contributed by atoms with Crippen molar-refractivity contribution in [2.45, 2.75) is 43.6 Å². The van der Waals surface area contributed by atoms with Gasteiger partial charge in [0.25, 0.3) is 0 Å². The van der Waals surface area contributed by atoms with Crippen LogP contribution >= 0.6 is 0 Å². The summed E-state index contributed by atoms with van der Waals surface area (Å²) in [6.07, 6.45) is -8.13. The van der Waals surface area contributed by atoms with Crippen molar-refractivity contribution in [1.82, 2.24) is 4.72 Å². The third kappa shape index (κ3) is 6.76. The molecule has 0 bridgehead atoms. The molecule has 0 saturated heterocycles. The number of nitrogens with one attached hydrogen (secondary N) is 1. The Morgan fingerprint density at radius 1 is 1.00 bits per heavy atom. The summed E-state index contributed by atoms with van der Waals surface area (Å²) in [6, 6.07) is 14.8. The van der Waals surface area contributed by atoms with Crippen molar-refractivity contribution < 1.29 is 40.0 Å². The fraction of sp³-hybridized carbons (Fsp3) is 0.259. The summed E-state index contributed by atoms with van der Waals surface area (Å²) in [5.74, 6) is -2.98. The molecule has 11 heteroatoms. The van der Waals surface area contributed by atoms with Crippen molar-refractivity contribution >= 4 is 11.0 Å². The predicted octanol–water partition coefficient (Wildman–Crippen LogP) is 6.87. The van der Waals surface area contributed by atoms with Crippen molar-refractivity contribution in [3.8, 4) is 11.5 Å². The Morgan fingerprint density at radius 3 is 2.29 bits per heavy atom. The van der Waals surface area contributed by atoms with Gasteiger partial charge in [0.1, 0.15) is 11.6 Å². The minimum absolute atomic E-state index is 0.0421. The molecule has 4 nitrogen and oxygen atoms in total. The lowest BCUT2D eigenvalue weighted by molar-refractivity contribution is -0.253. The van der Waals surface area contributed by atoms with Crippen molar-refractivity contribution in [2.75, 3.05) is 0 Å². The lowest BCUT2D eigenvalue weighted by atomic mass is 9.78. The molecule has 0 spiro atoms. The van der Waals surface area contributed by atoms with Gasteiger partial charge in [0.05, 0.1) is 22.8 Å².